The lowest BCUT2D eigenvalue weighted by Crippen LogP contribution is -2.05. The standard InChI is InChI=1S/C12H11ClN2O2/c1-17-12(16)8-4-5-14-9-6-10(13)15(11(8)9)7-2-3-7/h4-7H,2-3H2,1H3. The molecule has 88 valence electrons. The minimum absolute atomic E-state index is 0.353. The number of methoxy groups -OCH3 is 1. The number of halogens is 1. The van der Waals surface area contributed by atoms with E-state index < -0.39 is 0 Å². The number of carbonyl (C=O) groups excluding carboxylic acids is 1. The van der Waals surface area contributed by atoms with Gasteiger partial charge in [-0.2, -0.15) is 0 Å². The Hall–Kier alpha value is -1.55. The van der Waals surface area contributed by atoms with Crippen molar-refractivity contribution in [1.82, 2.24) is 9.55 Å². The minimum atomic E-state index is -0.353. The fraction of sp³-hybridized carbons (Fsp3) is 0.333. The van der Waals surface area contributed by atoms with Gasteiger partial charge in [0.25, 0.3) is 0 Å². The van der Waals surface area contributed by atoms with Crippen LogP contribution in [0.25, 0.3) is 11.0 Å². The molecule has 0 aromatic carbocycles. The van der Waals surface area contributed by atoms with Gasteiger partial charge in [-0.1, -0.05) is 11.6 Å². The highest BCUT2D eigenvalue weighted by atomic mass is 35.5. The van der Waals surface area contributed by atoms with Crippen LogP contribution in [0.15, 0.2) is 18.3 Å². The number of fused-ring (bicyclic) bond motifs is 1. The molecule has 1 aliphatic rings. The second-order valence-electron chi connectivity index (χ2n) is 4.15. The Bertz CT molecular complexity index is 602. The topological polar surface area (TPSA) is 44.1 Å². The van der Waals surface area contributed by atoms with Gasteiger partial charge in [0, 0.05) is 18.3 Å². The fourth-order valence-corrected chi connectivity index (χ4v) is 2.41. The number of aromatic nitrogens is 2. The zero-order valence-electron chi connectivity index (χ0n) is 9.31. The lowest BCUT2D eigenvalue weighted by atomic mass is 10.2. The molecule has 2 aromatic rings. The van der Waals surface area contributed by atoms with Crippen LogP contribution in [0.3, 0.4) is 0 Å². The Morgan fingerprint density at radius 3 is 3.00 bits per heavy atom. The highest BCUT2D eigenvalue weighted by Gasteiger charge is 2.29. The van der Waals surface area contributed by atoms with Crippen LogP contribution in [-0.2, 0) is 4.74 Å². The lowest BCUT2D eigenvalue weighted by molar-refractivity contribution is 0.0602. The van der Waals surface area contributed by atoms with Crippen LogP contribution >= 0.6 is 11.6 Å². The Balaban J connectivity index is 2.31. The van der Waals surface area contributed by atoms with Crippen LogP contribution in [0.4, 0.5) is 0 Å². The van der Waals surface area contributed by atoms with E-state index in [0.29, 0.717) is 16.8 Å². The molecule has 1 fully saturated rings. The van der Waals surface area contributed by atoms with Crippen molar-refractivity contribution in [3.05, 3.63) is 29.0 Å². The summed E-state index contributed by atoms with van der Waals surface area (Å²) in [5.74, 6) is -0.353. The van der Waals surface area contributed by atoms with Crippen molar-refractivity contribution in [3.8, 4) is 0 Å². The van der Waals surface area contributed by atoms with E-state index in [1.165, 1.54) is 7.11 Å². The van der Waals surface area contributed by atoms with E-state index in [9.17, 15) is 4.79 Å². The van der Waals surface area contributed by atoms with Crippen molar-refractivity contribution in [3.63, 3.8) is 0 Å². The quantitative estimate of drug-likeness (QED) is 0.770. The van der Waals surface area contributed by atoms with Crippen LogP contribution in [-0.4, -0.2) is 22.6 Å². The van der Waals surface area contributed by atoms with E-state index in [0.717, 1.165) is 23.9 Å². The highest BCUT2D eigenvalue weighted by Crippen LogP contribution is 2.41. The summed E-state index contributed by atoms with van der Waals surface area (Å²) in [6.07, 6.45) is 3.79. The maximum Gasteiger partial charge on any atom is 0.340 e. The first-order valence-corrected chi connectivity index (χ1v) is 5.84. The molecule has 0 aliphatic heterocycles. The number of pyridine rings is 1. The van der Waals surface area contributed by atoms with Crippen molar-refractivity contribution < 1.29 is 9.53 Å². The lowest BCUT2D eigenvalue weighted by Gasteiger charge is -2.07. The summed E-state index contributed by atoms with van der Waals surface area (Å²) < 4.78 is 6.77. The summed E-state index contributed by atoms with van der Waals surface area (Å²) in [6.45, 7) is 0. The van der Waals surface area contributed by atoms with Crippen LogP contribution in [0, 0.1) is 0 Å². The molecule has 0 spiro atoms. The normalized spacial score (nSPS) is 15.2. The molecule has 0 radical (unpaired) electrons. The summed E-state index contributed by atoms with van der Waals surface area (Å²) in [6, 6.07) is 3.86. The van der Waals surface area contributed by atoms with Crippen molar-refractivity contribution >= 4 is 28.6 Å². The van der Waals surface area contributed by atoms with Crippen molar-refractivity contribution in [2.24, 2.45) is 0 Å². The number of nitrogens with zero attached hydrogens (tertiary/aromatic N) is 2. The van der Waals surface area contributed by atoms with E-state index in [-0.39, 0.29) is 5.97 Å². The molecule has 0 atom stereocenters. The number of hydrogen-bond donors (Lipinski definition) is 0. The number of hydrogen-bond acceptors (Lipinski definition) is 3. The Morgan fingerprint density at radius 1 is 1.59 bits per heavy atom. The molecule has 0 saturated heterocycles. The summed E-state index contributed by atoms with van der Waals surface area (Å²) in [4.78, 5) is 16.0. The summed E-state index contributed by atoms with van der Waals surface area (Å²) in [7, 11) is 1.38. The molecule has 3 rings (SSSR count). The number of ether oxygens (including phenoxy) is 1. The first-order valence-electron chi connectivity index (χ1n) is 5.46. The highest BCUT2D eigenvalue weighted by molar-refractivity contribution is 6.31. The van der Waals surface area contributed by atoms with Crippen molar-refractivity contribution in [2.75, 3.05) is 7.11 Å². The molecule has 0 bridgehead atoms. The average Bonchev–Trinajstić information content (AvgIpc) is 3.10. The minimum Gasteiger partial charge on any atom is -0.465 e. The molecule has 0 unspecified atom stereocenters. The maximum absolute atomic E-state index is 11.7. The Kier molecular flexibility index (Phi) is 2.33. The van der Waals surface area contributed by atoms with Gasteiger partial charge in [0.1, 0.15) is 5.15 Å². The summed E-state index contributed by atoms with van der Waals surface area (Å²) >= 11 is 6.19. The molecule has 4 nitrogen and oxygen atoms in total. The van der Waals surface area contributed by atoms with Crippen molar-refractivity contribution in [2.45, 2.75) is 18.9 Å². The van der Waals surface area contributed by atoms with E-state index in [2.05, 4.69) is 4.98 Å². The van der Waals surface area contributed by atoms with Gasteiger partial charge >= 0.3 is 5.97 Å². The summed E-state index contributed by atoms with van der Waals surface area (Å²) in [5, 5.41) is 0.631. The second-order valence-corrected chi connectivity index (χ2v) is 4.54. The Morgan fingerprint density at radius 2 is 2.35 bits per heavy atom. The third kappa shape index (κ3) is 1.60. The molecule has 0 amide bonds. The largest absolute Gasteiger partial charge is 0.465 e. The van der Waals surface area contributed by atoms with Crippen LogP contribution in [0.1, 0.15) is 29.2 Å². The van der Waals surface area contributed by atoms with E-state index in [4.69, 9.17) is 16.3 Å². The summed E-state index contributed by atoms with van der Waals surface area (Å²) in [5.41, 5.74) is 2.05. The van der Waals surface area contributed by atoms with Gasteiger partial charge in [0.15, 0.2) is 0 Å². The van der Waals surface area contributed by atoms with E-state index in [1.807, 2.05) is 4.57 Å². The zero-order chi connectivity index (χ0) is 12.0. The van der Waals surface area contributed by atoms with Crippen LogP contribution in [0.5, 0.6) is 0 Å². The molecule has 17 heavy (non-hydrogen) atoms. The monoisotopic (exact) mass is 250 g/mol. The van der Waals surface area contributed by atoms with Crippen molar-refractivity contribution in [1.29, 1.82) is 0 Å². The molecule has 5 heteroatoms. The number of rotatable bonds is 2. The maximum atomic E-state index is 11.7. The van der Waals surface area contributed by atoms with Gasteiger partial charge in [0.2, 0.25) is 0 Å². The third-order valence-corrected chi connectivity index (χ3v) is 3.29. The zero-order valence-corrected chi connectivity index (χ0v) is 10.1. The predicted octanol–water partition coefficient (Wildman–Crippen LogP) is 2.81. The third-order valence-electron chi connectivity index (χ3n) is 3.00. The first kappa shape index (κ1) is 10.6. The van der Waals surface area contributed by atoms with Gasteiger partial charge in [-0.3, -0.25) is 4.98 Å². The van der Waals surface area contributed by atoms with Gasteiger partial charge in [0.05, 0.1) is 23.7 Å². The van der Waals surface area contributed by atoms with Crippen LogP contribution in [0.2, 0.25) is 5.15 Å². The van der Waals surface area contributed by atoms with Gasteiger partial charge in [-0.05, 0) is 18.9 Å². The van der Waals surface area contributed by atoms with Gasteiger partial charge < -0.3 is 9.30 Å². The fourth-order valence-electron chi connectivity index (χ4n) is 2.08. The van der Waals surface area contributed by atoms with Crippen LogP contribution < -0.4 is 0 Å². The SMILES string of the molecule is COC(=O)c1ccnc2cc(Cl)n(C3CC3)c12. The van der Waals surface area contributed by atoms with E-state index in [1.54, 1.807) is 18.3 Å². The second kappa shape index (κ2) is 3.74. The first-order chi connectivity index (χ1) is 8.22. The smallest absolute Gasteiger partial charge is 0.340 e. The molecule has 2 heterocycles. The number of esters is 1. The average molecular weight is 251 g/mol. The molecule has 0 N–H and O–H groups in total. The molecule has 1 aliphatic carbocycles. The molecule has 1 saturated carbocycles. The molecular weight excluding hydrogens is 240 g/mol. The number of carbonyl (C=O) groups is 1. The molecular formula is C12H11ClN2O2. The predicted molar refractivity (Wildman–Crippen MR) is 64.4 cm³/mol. The van der Waals surface area contributed by atoms with E-state index >= 15 is 0 Å². The van der Waals surface area contributed by atoms with Gasteiger partial charge in [-0.15, -0.1) is 0 Å². The Labute approximate surface area is 103 Å². The van der Waals surface area contributed by atoms with Gasteiger partial charge in [-0.25, -0.2) is 4.79 Å². The molecule has 2 aromatic heterocycles.